The van der Waals surface area contributed by atoms with Gasteiger partial charge in [-0.2, -0.15) is 0 Å². The molecule has 0 aliphatic rings. The van der Waals surface area contributed by atoms with Gasteiger partial charge in [-0.1, -0.05) is 47.5 Å². The van der Waals surface area contributed by atoms with E-state index in [0.717, 1.165) is 15.7 Å². The van der Waals surface area contributed by atoms with Crippen molar-refractivity contribution in [2.75, 3.05) is 0 Å². The molecule has 2 heterocycles. The predicted octanol–water partition coefficient (Wildman–Crippen LogP) is 3.49. The Bertz CT molecular complexity index is 1620. The van der Waals surface area contributed by atoms with Crippen molar-refractivity contribution in [3.63, 3.8) is 0 Å². The topological polar surface area (TPSA) is 132 Å². The Kier molecular flexibility index (Phi) is 7.16. The van der Waals surface area contributed by atoms with Gasteiger partial charge >= 0.3 is 17.3 Å². The van der Waals surface area contributed by atoms with Crippen LogP contribution in [0.15, 0.2) is 75.2 Å². The molecule has 0 spiro atoms. The Morgan fingerprint density at radius 1 is 1.11 bits per heavy atom. The highest BCUT2D eigenvalue weighted by Crippen LogP contribution is 2.31. The summed E-state index contributed by atoms with van der Waals surface area (Å²) in [6.45, 7) is 4.09. The van der Waals surface area contributed by atoms with Crippen LogP contribution in [-0.4, -0.2) is 30.2 Å². The van der Waals surface area contributed by atoms with E-state index in [0.29, 0.717) is 5.69 Å². The van der Waals surface area contributed by atoms with Crippen molar-refractivity contribution >= 4 is 23.3 Å². The van der Waals surface area contributed by atoms with E-state index in [2.05, 4.69) is 15.0 Å². The molecule has 0 unspecified atom stereocenters. The minimum atomic E-state index is -1.18. The summed E-state index contributed by atoms with van der Waals surface area (Å²) in [5.41, 5.74) is 1.15. The number of hydrogen-bond acceptors (Lipinski definition) is 6. The first-order valence-electron chi connectivity index (χ1n) is 11.0. The van der Waals surface area contributed by atoms with Gasteiger partial charge in [0.1, 0.15) is 5.75 Å². The highest BCUT2D eigenvalue weighted by atomic mass is 35.5. The van der Waals surface area contributed by atoms with Gasteiger partial charge in [-0.3, -0.25) is 9.55 Å². The molecule has 0 aliphatic carbocycles. The van der Waals surface area contributed by atoms with Crippen molar-refractivity contribution in [3.8, 4) is 11.6 Å². The minimum Gasteiger partial charge on any atom is -0.477 e. The van der Waals surface area contributed by atoms with Gasteiger partial charge < -0.3 is 9.84 Å². The van der Waals surface area contributed by atoms with Crippen LogP contribution in [0.2, 0.25) is 5.02 Å². The van der Waals surface area contributed by atoms with Gasteiger partial charge in [0.15, 0.2) is 5.69 Å². The van der Waals surface area contributed by atoms with Crippen LogP contribution in [0.25, 0.3) is 0 Å². The maximum Gasteiger partial charge on any atom is 0.354 e. The summed E-state index contributed by atoms with van der Waals surface area (Å²) in [5, 5.41) is 9.27. The third kappa shape index (κ3) is 5.44. The number of carboxylic acids is 1. The number of nitrogens with one attached hydrogen (secondary N) is 1. The van der Waals surface area contributed by atoms with Crippen LogP contribution in [0.3, 0.4) is 0 Å². The molecule has 36 heavy (non-hydrogen) atoms. The SMILES string of the molecule is CCn1c(=O)[nH]/c(=N\c2ccc(Oc3cccc(C(=O)O)n3)c(Cl)c2)n(Cc2ccc(C)cc2)c1=O. The number of aromatic amines is 1. The standard InChI is InChI=1S/C25H22ClN5O5/c1-3-30-24(34)29-23(31(25(30)35)14-16-9-7-15(2)8-10-16)27-17-11-12-20(18(26)13-17)36-21-6-4-5-19(28-21)22(32)33/h4-13H,3,14H2,1-2H3,(H,32,33)(H,27,29,34). The summed E-state index contributed by atoms with van der Waals surface area (Å²) in [7, 11) is 0. The average Bonchev–Trinajstić information content (AvgIpc) is 2.85. The third-order valence-corrected chi connectivity index (χ3v) is 5.56. The second-order valence-corrected chi connectivity index (χ2v) is 8.25. The molecule has 4 rings (SSSR count). The number of pyridine rings is 1. The molecular weight excluding hydrogens is 486 g/mol. The fourth-order valence-corrected chi connectivity index (χ4v) is 3.62. The second-order valence-electron chi connectivity index (χ2n) is 7.85. The van der Waals surface area contributed by atoms with Crippen molar-refractivity contribution in [2.45, 2.75) is 26.9 Å². The summed E-state index contributed by atoms with van der Waals surface area (Å²) in [6, 6.07) is 16.7. The van der Waals surface area contributed by atoms with Gasteiger partial charge in [-0.15, -0.1) is 0 Å². The molecule has 10 nitrogen and oxygen atoms in total. The highest BCUT2D eigenvalue weighted by Gasteiger charge is 2.11. The molecule has 0 radical (unpaired) electrons. The van der Waals surface area contributed by atoms with Crippen LogP contribution in [0.1, 0.15) is 28.5 Å². The van der Waals surface area contributed by atoms with Crippen molar-refractivity contribution in [1.29, 1.82) is 0 Å². The van der Waals surface area contributed by atoms with E-state index >= 15 is 0 Å². The van der Waals surface area contributed by atoms with Gasteiger partial charge in [0, 0.05) is 12.6 Å². The molecule has 4 aromatic rings. The van der Waals surface area contributed by atoms with Crippen LogP contribution < -0.4 is 21.7 Å². The monoisotopic (exact) mass is 507 g/mol. The molecule has 0 fully saturated rings. The lowest BCUT2D eigenvalue weighted by molar-refractivity contribution is 0.0689. The molecular formula is C25H22ClN5O5. The summed E-state index contributed by atoms with van der Waals surface area (Å²) < 4.78 is 8.10. The Morgan fingerprint density at radius 2 is 1.86 bits per heavy atom. The third-order valence-electron chi connectivity index (χ3n) is 5.27. The van der Waals surface area contributed by atoms with Gasteiger partial charge in [-0.05, 0) is 43.7 Å². The van der Waals surface area contributed by atoms with E-state index in [4.69, 9.17) is 21.4 Å². The lowest BCUT2D eigenvalue weighted by Gasteiger charge is -2.11. The number of carboxylic acid groups (broad SMARTS) is 1. The molecule has 2 aromatic carbocycles. The van der Waals surface area contributed by atoms with Crippen molar-refractivity contribution in [3.05, 3.63) is 109 Å². The van der Waals surface area contributed by atoms with Crippen LogP contribution >= 0.6 is 11.6 Å². The van der Waals surface area contributed by atoms with Crippen LogP contribution in [0.4, 0.5) is 5.69 Å². The Balaban J connectivity index is 1.73. The average molecular weight is 508 g/mol. The van der Waals surface area contributed by atoms with Crippen molar-refractivity contribution in [1.82, 2.24) is 19.1 Å². The molecule has 0 saturated heterocycles. The maximum atomic E-state index is 13.1. The number of aromatic nitrogens is 4. The van der Waals surface area contributed by atoms with Gasteiger partial charge in [0.25, 0.3) is 0 Å². The number of nitrogens with zero attached hydrogens (tertiary/aromatic N) is 4. The predicted molar refractivity (Wildman–Crippen MR) is 133 cm³/mol. The normalized spacial score (nSPS) is 11.5. The van der Waals surface area contributed by atoms with Crippen LogP contribution in [0, 0.1) is 6.92 Å². The van der Waals surface area contributed by atoms with Crippen molar-refractivity contribution < 1.29 is 14.6 Å². The summed E-state index contributed by atoms with van der Waals surface area (Å²) in [6.07, 6.45) is 0. The summed E-state index contributed by atoms with van der Waals surface area (Å²) in [4.78, 5) is 47.7. The van der Waals surface area contributed by atoms with E-state index in [-0.39, 0.29) is 41.1 Å². The maximum absolute atomic E-state index is 13.1. The van der Waals surface area contributed by atoms with E-state index in [1.54, 1.807) is 13.0 Å². The zero-order valence-electron chi connectivity index (χ0n) is 19.4. The van der Waals surface area contributed by atoms with Gasteiger partial charge in [0.2, 0.25) is 11.5 Å². The largest absolute Gasteiger partial charge is 0.477 e. The first kappa shape index (κ1) is 24.7. The first-order valence-corrected chi connectivity index (χ1v) is 11.3. The van der Waals surface area contributed by atoms with E-state index in [1.807, 2.05) is 31.2 Å². The number of ether oxygens (including phenoxy) is 1. The quantitative estimate of drug-likeness (QED) is 0.393. The number of halogens is 1. The number of aromatic carboxylic acids is 1. The summed E-state index contributed by atoms with van der Waals surface area (Å²) >= 11 is 6.37. The first-order chi connectivity index (χ1) is 17.2. The summed E-state index contributed by atoms with van der Waals surface area (Å²) in [5.74, 6) is -0.892. The van der Waals surface area contributed by atoms with Crippen LogP contribution in [-0.2, 0) is 13.1 Å². The van der Waals surface area contributed by atoms with E-state index < -0.39 is 17.3 Å². The fraction of sp³-hybridized carbons (Fsp3) is 0.160. The lowest BCUT2D eigenvalue weighted by Crippen LogP contribution is -2.49. The fourth-order valence-electron chi connectivity index (χ4n) is 3.41. The molecule has 184 valence electrons. The molecule has 2 aromatic heterocycles. The van der Waals surface area contributed by atoms with Crippen LogP contribution in [0.5, 0.6) is 11.6 Å². The Morgan fingerprint density at radius 3 is 2.53 bits per heavy atom. The zero-order valence-corrected chi connectivity index (χ0v) is 20.2. The Labute approximate surface area is 209 Å². The molecule has 0 saturated carbocycles. The van der Waals surface area contributed by atoms with Gasteiger partial charge in [-0.25, -0.2) is 28.9 Å². The molecule has 0 amide bonds. The highest BCUT2D eigenvalue weighted by molar-refractivity contribution is 6.32. The Hall–Kier alpha value is -4.44. The molecule has 11 heteroatoms. The van der Waals surface area contributed by atoms with Crippen molar-refractivity contribution in [2.24, 2.45) is 4.99 Å². The van der Waals surface area contributed by atoms with Gasteiger partial charge in [0.05, 0.1) is 17.3 Å². The number of benzene rings is 2. The number of carbonyl (C=O) groups is 1. The number of hydrogen-bond donors (Lipinski definition) is 2. The molecule has 2 N–H and O–H groups in total. The number of rotatable bonds is 7. The zero-order chi connectivity index (χ0) is 25.8. The second kappa shape index (κ2) is 10.4. The smallest absolute Gasteiger partial charge is 0.354 e. The molecule has 0 aliphatic heterocycles. The lowest BCUT2D eigenvalue weighted by atomic mass is 10.1. The number of H-pyrrole nitrogens is 1. The molecule has 0 bridgehead atoms. The van der Waals surface area contributed by atoms with E-state index in [1.165, 1.54) is 34.9 Å². The molecule has 0 atom stereocenters. The number of aryl methyl sites for hydroxylation is 1. The minimum absolute atomic E-state index is 0.0601. The van der Waals surface area contributed by atoms with E-state index in [9.17, 15) is 14.4 Å².